The lowest BCUT2D eigenvalue weighted by Gasteiger charge is -2.38. The fraction of sp³-hybridized carbons (Fsp3) is 0.526. The van der Waals surface area contributed by atoms with Crippen LogP contribution in [0.1, 0.15) is 36.9 Å². The number of rotatable bonds is 4. The molecule has 26 heavy (non-hydrogen) atoms. The Balaban J connectivity index is 1.74. The Hall–Kier alpha value is -2.41. The molecule has 0 unspecified atom stereocenters. The maximum Gasteiger partial charge on any atom is 0.306 e. The van der Waals surface area contributed by atoms with Gasteiger partial charge in [0.05, 0.1) is 31.6 Å². The van der Waals surface area contributed by atoms with Gasteiger partial charge in [-0.3, -0.25) is 14.4 Å². The van der Waals surface area contributed by atoms with E-state index in [1.165, 1.54) is 12.5 Å². The fourth-order valence-electron chi connectivity index (χ4n) is 3.81. The topological polar surface area (TPSA) is 87.2 Å². The average molecular weight is 360 g/mol. The van der Waals surface area contributed by atoms with Crippen LogP contribution in [0.3, 0.4) is 0 Å². The highest BCUT2D eigenvalue weighted by Crippen LogP contribution is 2.33. The first-order valence-electron chi connectivity index (χ1n) is 8.92. The molecule has 7 nitrogen and oxygen atoms in total. The van der Waals surface area contributed by atoms with E-state index in [9.17, 15) is 14.4 Å². The molecule has 0 aromatic heterocycles. The molecule has 2 heterocycles. The molecule has 2 atom stereocenters. The van der Waals surface area contributed by atoms with Gasteiger partial charge in [-0.2, -0.15) is 0 Å². The number of carbonyl (C=O) groups is 3. The Morgan fingerprint density at radius 1 is 1.19 bits per heavy atom. The van der Waals surface area contributed by atoms with E-state index in [1.807, 2.05) is 24.3 Å². The van der Waals surface area contributed by atoms with Crippen LogP contribution in [0.25, 0.3) is 0 Å². The van der Waals surface area contributed by atoms with Crippen molar-refractivity contribution in [2.24, 2.45) is 0 Å². The molecular formula is C19H24N2O5. The van der Waals surface area contributed by atoms with Crippen LogP contribution in [-0.2, 0) is 25.5 Å². The number of morpholine rings is 1. The highest BCUT2D eigenvalue weighted by atomic mass is 16.5. The van der Waals surface area contributed by atoms with Crippen LogP contribution in [0, 0.1) is 0 Å². The van der Waals surface area contributed by atoms with Gasteiger partial charge in [0.1, 0.15) is 0 Å². The van der Waals surface area contributed by atoms with Gasteiger partial charge in [-0.15, -0.1) is 0 Å². The Labute approximate surface area is 152 Å². The minimum Gasteiger partial charge on any atom is -0.481 e. The third-order valence-corrected chi connectivity index (χ3v) is 5.08. The zero-order valence-corrected chi connectivity index (χ0v) is 14.9. The summed E-state index contributed by atoms with van der Waals surface area (Å²) in [5, 5.41) is 8.93. The summed E-state index contributed by atoms with van der Waals surface area (Å²) in [5.74, 6) is -1.05. The molecule has 1 aromatic carbocycles. The molecule has 1 fully saturated rings. The number of ether oxygens (including phenoxy) is 1. The zero-order valence-electron chi connectivity index (χ0n) is 14.9. The second kappa shape index (κ2) is 7.86. The molecule has 1 N–H and O–H groups in total. The predicted molar refractivity (Wildman–Crippen MR) is 93.5 cm³/mol. The Morgan fingerprint density at radius 3 is 2.69 bits per heavy atom. The highest BCUT2D eigenvalue weighted by Gasteiger charge is 2.33. The lowest BCUT2D eigenvalue weighted by molar-refractivity contribution is -0.149. The van der Waals surface area contributed by atoms with Gasteiger partial charge in [0.25, 0.3) is 0 Å². The van der Waals surface area contributed by atoms with Gasteiger partial charge < -0.3 is 19.6 Å². The van der Waals surface area contributed by atoms with Gasteiger partial charge in [0.15, 0.2) is 0 Å². The number of fused-ring (bicyclic) bond motifs is 1. The molecule has 7 heteroatoms. The van der Waals surface area contributed by atoms with Crippen molar-refractivity contribution in [3.05, 3.63) is 35.4 Å². The monoisotopic (exact) mass is 360 g/mol. The molecule has 1 aromatic rings. The Kier molecular flexibility index (Phi) is 5.56. The number of carboxylic acids is 1. The van der Waals surface area contributed by atoms with Crippen LogP contribution in [0.15, 0.2) is 24.3 Å². The Morgan fingerprint density at radius 2 is 1.96 bits per heavy atom. The largest absolute Gasteiger partial charge is 0.481 e. The van der Waals surface area contributed by atoms with Crippen LogP contribution in [-0.4, -0.2) is 65.0 Å². The van der Waals surface area contributed by atoms with E-state index in [1.54, 1.807) is 9.80 Å². The SMILES string of the molecule is CC(=O)N1CCc2ccccc2[C@@H]1CC(=O)N1CCO[C@H](CC(=O)O)C1. The molecule has 140 valence electrons. The first kappa shape index (κ1) is 18.4. The molecule has 0 bridgehead atoms. The molecule has 2 aliphatic heterocycles. The summed E-state index contributed by atoms with van der Waals surface area (Å²) in [6, 6.07) is 7.65. The maximum absolute atomic E-state index is 12.9. The van der Waals surface area contributed by atoms with Gasteiger partial charge in [0, 0.05) is 26.6 Å². The number of aliphatic carboxylic acids is 1. The van der Waals surface area contributed by atoms with E-state index in [4.69, 9.17) is 9.84 Å². The summed E-state index contributed by atoms with van der Waals surface area (Å²) >= 11 is 0. The van der Waals surface area contributed by atoms with E-state index in [2.05, 4.69) is 0 Å². The second-order valence-corrected chi connectivity index (χ2v) is 6.81. The summed E-state index contributed by atoms with van der Waals surface area (Å²) in [6.07, 6.45) is 0.401. The summed E-state index contributed by atoms with van der Waals surface area (Å²) in [6.45, 7) is 3.20. The molecular weight excluding hydrogens is 336 g/mol. The predicted octanol–water partition coefficient (Wildman–Crippen LogP) is 1.22. The third-order valence-electron chi connectivity index (χ3n) is 5.08. The van der Waals surface area contributed by atoms with Crippen molar-refractivity contribution >= 4 is 17.8 Å². The van der Waals surface area contributed by atoms with E-state index >= 15 is 0 Å². The quantitative estimate of drug-likeness (QED) is 0.872. The molecule has 0 aliphatic carbocycles. The van der Waals surface area contributed by atoms with Crippen molar-refractivity contribution in [3.63, 3.8) is 0 Å². The van der Waals surface area contributed by atoms with E-state index < -0.39 is 12.1 Å². The van der Waals surface area contributed by atoms with Crippen LogP contribution >= 0.6 is 0 Å². The summed E-state index contributed by atoms with van der Waals surface area (Å²) in [4.78, 5) is 39.2. The molecule has 2 aliphatic rings. The molecule has 1 saturated heterocycles. The molecule has 0 radical (unpaired) electrons. The number of benzene rings is 1. The lowest BCUT2D eigenvalue weighted by atomic mass is 9.90. The smallest absolute Gasteiger partial charge is 0.306 e. The van der Waals surface area contributed by atoms with E-state index in [0.717, 1.165) is 12.0 Å². The lowest BCUT2D eigenvalue weighted by Crippen LogP contribution is -2.48. The highest BCUT2D eigenvalue weighted by molar-refractivity contribution is 5.80. The van der Waals surface area contributed by atoms with Crippen LogP contribution in [0.5, 0.6) is 0 Å². The van der Waals surface area contributed by atoms with E-state index in [0.29, 0.717) is 19.7 Å². The third kappa shape index (κ3) is 4.04. The van der Waals surface area contributed by atoms with Crippen LogP contribution in [0.2, 0.25) is 0 Å². The number of hydrogen-bond acceptors (Lipinski definition) is 4. The second-order valence-electron chi connectivity index (χ2n) is 6.81. The first-order valence-corrected chi connectivity index (χ1v) is 8.92. The maximum atomic E-state index is 12.9. The van der Waals surface area contributed by atoms with Gasteiger partial charge in [0.2, 0.25) is 11.8 Å². The molecule has 3 rings (SSSR count). The standard InChI is InChI=1S/C19H24N2O5/c1-13(22)21-7-6-14-4-2-3-5-16(14)17(21)11-18(23)20-8-9-26-15(12-20)10-19(24)25/h2-5,15,17H,6-12H2,1H3,(H,24,25)/t15-,17+/m1/s1. The van der Waals surface area contributed by atoms with Crippen molar-refractivity contribution in [1.82, 2.24) is 9.80 Å². The summed E-state index contributed by atoms with van der Waals surface area (Å²) < 4.78 is 5.44. The van der Waals surface area contributed by atoms with Crippen molar-refractivity contribution in [3.8, 4) is 0 Å². The first-order chi connectivity index (χ1) is 12.5. The van der Waals surface area contributed by atoms with Gasteiger partial charge in [-0.05, 0) is 17.5 Å². The molecule has 0 spiro atoms. The molecule has 2 amide bonds. The normalized spacial score (nSPS) is 22.7. The van der Waals surface area contributed by atoms with Crippen molar-refractivity contribution in [2.45, 2.75) is 38.3 Å². The summed E-state index contributed by atoms with van der Waals surface area (Å²) in [7, 11) is 0. The minimum absolute atomic E-state index is 0.0389. The Bertz CT molecular complexity index is 705. The number of carboxylic acid groups (broad SMARTS) is 1. The number of hydrogen-bond donors (Lipinski definition) is 1. The van der Waals surface area contributed by atoms with Gasteiger partial charge >= 0.3 is 5.97 Å². The average Bonchev–Trinajstić information content (AvgIpc) is 2.61. The van der Waals surface area contributed by atoms with Crippen LogP contribution < -0.4 is 0 Å². The number of amides is 2. The summed E-state index contributed by atoms with van der Waals surface area (Å²) in [5.41, 5.74) is 2.20. The van der Waals surface area contributed by atoms with Crippen molar-refractivity contribution < 1.29 is 24.2 Å². The molecule has 0 saturated carbocycles. The fourth-order valence-corrected chi connectivity index (χ4v) is 3.81. The van der Waals surface area contributed by atoms with Gasteiger partial charge in [-0.25, -0.2) is 0 Å². The number of nitrogens with zero attached hydrogens (tertiary/aromatic N) is 2. The van der Waals surface area contributed by atoms with Crippen molar-refractivity contribution in [1.29, 1.82) is 0 Å². The number of carbonyl (C=O) groups excluding carboxylic acids is 2. The van der Waals surface area contributed by atoms with Crippen LogP contribution in [0.4, 0.5) is 0 Å². The van der Waals surface area contributed by atoms with E-state index in [-0.39, 0.29) is 37.2 Å². The minimum atomic E-state index is -0.937. The van der Waals surface area contributed by atoms with Crippen molar-refractivity contribution in [2.75, 3.05) is 26.2 Å². The zero-order chi connectivity index (χ0) is 18.7. The van der Waals surface area contributed by atoms with Gasteiger partial charge in [-0.1, -0.05) is 24.3 Å².